The van der Waals surface area contributed by atoms with Crippen LogP contribution in [0.15, 0.2) is 60.7 Å². The van der Waals surface area contributed by atoms with Crippen LogP contribution in [0.3, 0.4) is 0 Å². The fourth-order valence-electron chi connectivity index (χ4n) is 4.28. The lowest BCUT2D eigenvalue weighted by Gasteiger charge is -2.31. The standard InChI is InChI=1S/C26H27ClN2O3/c1-16-6-3-4-7-20(16)25(31)28-19-10-11-21(17(2)14-19)26(32)29-13-5-8-24(30)22-15-18(27)9-12-23(22)29/h3-4,6-7,9-12,14-15,24,26,30,32H,5,8,13H2,1-2H3,(H,28,31). The van der Waals surface area contributed by atoms with E-state index in [4.69, 9.17) is 11.6 Å². The number of rotatable bonds is 4. The van der Waals surface area contributed by atoms with Gasteiger partial charge in [0.25, 0.3) is 5.91 Å². The molecule has 0 aliphatic carbocycles. The van der Waals surface area contributed by atoms with Crippen LogP contribution in [-0.2, 0) is 0 Å². The molecule has 2 atom stereocenters. The van der Waals surface area contributed by atoms with Gasteiger partial charge in [-0.2, -0.15) is 0 Å². The second-order valence-electron chi connectivity index (χ2n) is 8.27. The molecule has 3 aromatic carbocycles. The monoisotopic (exact) mass is 450 g/mol. The van der Waals surface area contributed by atoms with Crippen LogP contribution < -0.4 is 10.2 Å². The first-order chi connectivity index (χ1) is 15.3. The average molecular weight is 451 g/mol. The number of halogens is 1. The Morgan fingerprint density at radius 2 is 1.88 bits per heavy atom. The summed E-state index contributed by atoms with van der Waals surface area (Å²) in [6.45, 7) is 4.43. The summed E-state index contributed by atoms with van der Waals surface area (Å²) in [4.78, 5) is 14.5. The molecule has 166 valence electrons. The Balaban J connectivity index is 1.59. The Hall–Kier alpha value is -2.86. The summed E-state index contributed by atoms with van der Waals surface area (Å²) in [6.07, 6.45) is -0.143. The molecule has 4 rings (SSSR count). The number of hydrogen-bond acceptors (Lipinski definition) is 4. The van der Waals surface area contributed by atoms with Crippen molar-refractivity contribution in [1.82, 2.24) is 0 Å². The predicted octanol–water partition coefficient (Wildman–Crippen LogP) is 5.53. The van der Waals surface area contributed by atoms with E-state index in [2.05, 4.69) is 5.32 Å². The van der Waals surface area contributed by atoms with Crippen molar-refractivity contribution in [2.45, 2.75) is 39.0 Å². The fraction of sp³-hybridized carbons (Fsp3) is 0.269. The molecule has 0 aromatic heterocycles. The Labute approximate surface area is 193 Å². The lowest BCUT2D eigenvalue weighted by atomic mass is 10.0. The van der Waals surface area contributed by atoms with Crippen LogP contribution >= 0.6 is 11.6 Å². The van der Waals surface area contributed by atoms with Crippen LogP contribution in [0.5, 0.6) is 0 Å². The van der Waals surface area contributed by atoms with Gasteiger partial charge in [-0.1, -0.05) is 35.9 Å². The number of aliphatic hydroxyl groups is 2. The summed E-state index contributed by atoms with van der Waals surface area (Å²) >= 11 is 6.15. The van der Waals surface area contributed by atoms with Crippen LogP contribution in [-0.4, -0.2) is 22.7 Å². The predicted molar refractivity (Wildman–Crippen MR) is 128 cm³/mol. The van der Waals surface area contributed by atoms with Crippen molar-refractivity contribution in [3.8, 4) is 0 Å². The van der Waals surface area contributed by atoms with Crippen LogP contribution in [0.2, 0.25) is 5.02 Å². The number of anilines is 2. The van der Waals surface area contributed by atoms with Gasteiger partial charge in [-0.15, -0.1) is 0 Å². The normalized spacial score (nSPS) is 16.8. The van der Waals surface area contributed by atoms with Crippen LogP contribution in [0, 0.1) is 13.8 Å². The highest BCUT2D eigenvalue weighted by molar-refractivity contribution is 6.30. The number of benzene rings is 3. The van der Waals surface area contributed by atoms with Gasteiger partial charge in [-0.05, 0) is 74.2 Å². The molecule has 1 heterocycles. The van der Waals surface area contributed by atoms with E-state index in [1.165, 1.54) is 0 Å². The number of nitrogens with zero attached hydrogens (tertiary/aromatic N) is 1. The number of carbonyl (C=O) groups excluding carboxylic acids is 1. The number of aliphatic hydroxyl groups excluding tert-OH is 2. The van der Waals surface area contributed by atoms with Gasteiger partial charge in [-0.25, -0.2) is 0 Å². The largest absolute Gasteiger partial charge is 0.388 e. The van der Waals surface area contributed by atoms with Gasteiger partial charge in [0.2, 0.25) is 0 Å². The third kappa shape index (κ3) is 4.51. The van der Waals surface area contributed by atoms with Gasteiger partial charge in [0.05, 0.1) is 6.10 Å². The molecular formula is C26H27ClN2O3. The number of fused-ring (bicyclic) bond motifs is 1. The molecule has 1 aliphatic rings. The Morgan fingerprint density at radius 3 is 2.62 bits per heavy atom. The molecule has 0 fully saturated rings. The third-order valence-corrected chi connectivity index (χ3v) is 6.26. The third-order valence-electron chi connectivity index (χ3n) is 6.03. The maximum Gasteiger partial charge on any atom is 0.255 e. The molecule has 1 aliphatic heterocycles. The van der Waals surface area contributed by atoms with Gasteiger partial charge in [-0.3, -0.25) is 4.79 Å². The van der Waals surface area contributed by atoms with Crippen LogP contribution in [0.25, 0.3) is 0 Å². The number of aryl methyl sites for hydroxylation is 2. The number of hydrogen-bond donors (Lipinski definition) is 3. The highest BCUT2D eigenvalue weighted by Gasteiger charge is 2.27. The van der Waals surface area contributed by atoms with E-state index in [0.29, 0.717) is 29.2 Å². The Bertz CT molecular complexity index is 1150. The minimum absolute atomic E-state index is 0.164. The molecule has 3 aromatic rings. The minimum Gasteiger partial charge on any atom is -0.388 e. The molecule has 0 saturated heterocycles. The van der Waals surface area contributed by atoms with Gasteiger partial charge in [0, 0.05) is 39.6 Å². The van der Waals surface area contributed by atoms with Crippen molar-refractivity contribution in [2.75, 3.05) is 16.8 Å². The quantitative estimate of drug-likeness (QED) is 0.488. The van der Waals surface area contributed by atoms with Crippen molar-refractivity contribution in [1.29, 1.82) is 0 Å². The smallest absolute Gasteiger partial charge is 0.255 e. The number of carbonyl (C=O) groups is 1. The Morgan fingerprint density at radius 1 is 1.09 bits per heavy atom. The lowest BCUT2D eigenvalue weighted by molar-refractivity contribution is 0.102. The second-order valence-corrected chi connectivity index (χ2v) is 8.71. The van der Waals surface area contributed by atoms with E-state index in [1.54, 1.807) is 24.3 Å². The van der Waals surface area contributed by atoms with E-state index in [1.807, 2.05) is 55.1 Å². The van der Waals surface area contributed by atoms with Gasteiger partial charge >= 0.3 is 0 Å². The molecular weight excluding hydrogens is 424 g/mol. The molecule has 6 heteroatoms. The van der Waals surface area contributed by atoms with Crippen molar-refractivity contribution in [3.05, 3.63) is 93.5 Å². The van der Waals surface area contributed by atoms with E-state index in [9.17, 15) is 15.0 Å². The van der Waals surface area contributed by atoms with Gasteiger partial charge in [0.1, 0.15) is 0 Å². The van der Waals surface area contributed by atoms with Crippen molar-refractivity contribution < 1.29 is 15.0 Å². The Kier molecular flexibility index (Phi) is 6.51. The summed E-state index contributed by atoms with van der Waals surface area (Å²) < 4.78 is 0. The summed E-state index contributed by atoms with van der Waals surface area (Å²) in [5.41, 5.74) is 5.34. The average Bonchev–Trinajstić information content (AvgIpc) is 2.92. The molecule has 0 saturated carbocycles. The van der Waals surface area contributed by atoms with E-state index in [-0.39, 0.29) is 5.91 Å². The summed E-state index contributed by atoms with van der Waals surface area (Å²) in [5, 5.41) is 25.3. The summed E-state index contributed by atoms with van der Waals surface area (Å²) in [7, 11) is 0. The first-order valence-electron chi connectivity index (χ1n) is 10.7. The number of amides is 1. The zero-order valence-electron chi connectivity index (χ0n) is 18.2. The summed E-state index contributed by atoms with van der Waals surface area (Å²) in [6, 6.07) is 18.3. The maximum absolute atomic E-state index is 12.6. The first kappa shape index (κ1) is 22.3. The molecule has 3 N–H and O–H groups in total. The second kappa shape index (κ2) is 9.33. The van der Waals surface area contributed by atoms with E-state index >= 15 is 0 Å². The SMILES string of the molecule is Cc1ccccc1C(=O)Nc1ccc(C(O)N2CCCC(O)c3cc(Cl)ccc32)c(C)c1. The zero-order valence-corrected chi connectivity index (χ0v) is 18.9. The fourth-order valence-corrected chi connectivity index (χ4v) is 4.46. The van der Waals surface area contributed by atoms with Crippen molar-refractivity contribution in [2.24, 2.45) is 0 Å². The molecule has 0 radical (unpaired) electrons. The zero-order chi connectivity index (χ0) is 22.8. The molecule has 0 bridgehead atoms. The van der Waals surface area contributed by atoms with Crippen molar-refractivity contribution in [3.63, 3.8) is 0 Å². The topological polar surface area (TPSA) is 72.8 Å². The van der Waals surface area contributed by atoms with E-state index in [0.717, 1.165) is 34.4 Å². The summed E-state index contributed by atoms with van der Waals surface area (Å²) in [5.74, 6) is -0.164. The lowest BCUT2D eigenvalue weighted by Crippen LogP contribution is -2.30. The molecule has 1 amide bonds. The molecule has 2 unspecified atom stereocenters. The van der Waals surface area contributed by atoms with Gasteiger partial charge in [0.15, 0.2) is 6.23 Å². The highest BCUT2D eigenvalue weighted by Crippen LogP contribution is 2.39. The van der Waals surface area contributed by atoms with Crippen LogP contribution in [0.1, 0.15) is 57.8 Å². The number of nitrogens with one attached hydrogen (secondary N) is 1. The minimum atomic E-state index is -0.888. The highest BCUT2D eigenvalue weighted by atomic mass is 35.5. The van der Waals surface area contributed by atoms with Crippen molar-refractivity contribution >= 4 is 28.9 Å². The van der Waals surface area contributed by atoms with Gasteiger partial charge < -0.3 is 20.4 Å². The van der Waals surface area contributed by atoms with Crippen LogP contribution in [0.4, 0.5) is 11.4 Å². The molecule has 32 heavy (non-hydrogen) atoms. The molecule has 5 nitrogen and oxygen atoms in total. The molecule has 0 spiro atoms. The van der Waals surface area contributed by atoms with E-state index < -0.39 is 12.3 Å². The maximum atomic E-state index is 12.6. The first-order valence-corrected chi connectivity index (χ1v) is 11.1.